The van der Waals surface area contributed by atoms with Crippen molar-refractivity contribution >= 4 is 17.4 Å². The van der Waals surface area contributed by atoms with Gasteiger partial charge in [0, 0.05) is 13.1 Å². The highest BCUT2D eigenvalue weighted by Crippen LogP contribution is 2.24. The summed E-state index contributed by atoms with van der Waals surface area (Å²) in [7, 11) is 0. The highest BCUT2D eigenvalue weighted by atomic mass is 35.5. The van der Waals surface area contributed by atoms with Crippen molar-refractivity contribution in [3.63, 3.8) is 0 Å². The standard InChI is InChI=1S/C8H10ClN3O2/c9-5-1-10-4-11-8(5)12-2-6(13)7(14)3-12/h1,4,6-7,13-14H,2-3H2. The van der Waals surface area contributed by atoms with E-state index in [0.717, 1.165) is 0 Å². The molecule has 1 aromatic rings. The van der Waals surface area contributed by atoms with Gasteiger partial charge < -0.3 is 15.1 Å². The number of anilines is 1. The zero-order chi connectivity index (χ0) is 10.1. The van der Waals surface area contributed by atoms with Crippen LogP contribution in [0.3, 0.4) is 0 Å². The fourth-order valence-corrected chi connectivity index (χ4v) is 1.71. The molecule has 2 N–H and O–H groups in total. The van der Waals surface area contributed by atoms with Crippen LogP contribution in [-0.4, -0.2) is 45.5 Å². The van der Waals surface area contributed by atoms with Gasteiger partial charge in [-0.1, -0.05) is 11.6 Å². The summed E-state index contributed by atoms with van der Waals surface area (Å²) in [5.74, 6) is 0.553. The second-order valence-corrected chi connectivity index (χ2v) is 3.64. The van der Waals surface area contributed by atoms with Crippen LogP contribution in [0.5, 0.6) is 0 Å². The third-order valence-corrected chi connectivity index (χ3v) is 2.47. The monoisotopic (exact) mass is 215 g/mol. The minimum absolute atomic E-state index is 0.345. The molecule has 0 spiro atoms. The van der Waals surface area contributed by atoms with E-state index in [2.05, 4.69) is 9.97 Å². The Labute approximate surface area is 86.0 Å². The van der Waals surface area contributed by atoms with Crippen molar-refractivity contribution in [2.75, 3.05) is 18.0 Å². The zero-order valence-corrected chi connectivity index (χ0v) is 8.09. The predicted octanol–water partition coefficient (Wildman–Crippen LogP) is -0.328. The lowest BCUT2D eigenvalue weighted by Crippen LogP contribution is -2.22. The molecule has 1 aliphatic heterocycles. The lowest BCUT2D eigenvalue weighted by atomic mass is 10.3. The van der Waals surface area contributed by atoms with Gasteiger partial charge in [0.1, 0.15) is 11.3 Å². The maximum atomic E-state index is 9.34. The van der Waals surface area contributed by atoms with Gasteiger partial charge in [-0.15, -0.1) is 0 Å². The molecule has 1 fully saturated rings. The number of nitrogens with zero attached hydrogens (tertiary/aromatic N) is 3. The summed E-state index contributed by atoms with van der Waals surface area (Å²) in [5, 5.41) is 19.1. The van der Waals surface area contributed by atoms with E-state index in [1.54, 1.807) is 4.90 Å². The van der Waals surface area contributed by atoms with Gasteiger partial charge in [-0.05, 0) is 0 Å². The van der Waals surface area contributed by atoms with Gasteiger partial charge in [0.2, 0.25) is 0 Å². The second kappa shape index (κ2) is 3.68. The van der Waals surface area contributed by atoms with E-state index in [9.17, 15) is 10.2 Å². The Hall–Kier alpha value is -0.910. The Balaban J connectivity index is 2.21. The van der Waals surface area contributed by atoms with Crippen molar-refractivity contribution < 1.29 is 10.2 Å². The first kappa shape index (κ1) is 9.64. The van der Waals surface area contributed by atoms with Crippen molar-refractivity contribution in [1.29, 1.82) is 0 Å². The zero-order valence-electron chi connectivity index (χ0n) is 7.34. The van der Waals surface area contributed by atoms with E-state index >= 15 is 0 Å². The third-order valence-electron chi connectivity index (χ3n) is 2.21. The van der Waals surface area contributed by atoms with Crippen molar-refractivity contribution in [1.82, 2.24) is 9.97 Å². The molecule has 0 aliphatic carbocycles. The van der Waals surface area contributed by atoms with Gasteiger partial charge >= 0.3 is 0 Å². The number of halogens is 1. The summed E-state index contributed by atoms with van der Waals surface area (Å²) >= 11 is 5.87. The summed E-state index contributed by atoms with van der Waals surface area (Å²) in [4.78, 5) is 9.48. The topological polar surface area (TPSA) is 69.5 Å². The molecule has 5 nitrogen and oxygen atoms in total. The predicted molar refractivity (Wildman–Crippen MR) is 51.3 cm³/mol. The van der Waals surface area contributed by atoms with E-state index in [0.29, 0.717) is 23.9 Å². The smallest absolute Gasteiger partial charge is 0.151 e. The summed E-state index contributed by atoms with van der Waals surface area (Å²) in [6.07, 6.45) is 1.40. The van der Waals surface area contributed by atoms with Gasteiger partial charge in [-0.2, -0.15) is 0 Å². The number of β-amino-alcohol motifs (C(OH)–C–C–N with tert-alkyl or cyclic N) is 2. The Morgan fingerprint density at radius 3 is 2.57 bits per heavy atom. The molecule has 0 radical (unpaired) electrons. The van der Waals surface area contributed by atoms with E-state index in [1.165, 1.54) is 12.5 Å². The van der Waals surface area contributed by atoms with Crippen LogP contribution in [0.15, 0.2) is 12.5 Å². The number of hydrogen-bond donors (Lipinski definition) is 2. The second-order valence-electron chi connectivity index (χ2n) is 3.23. The van der Waals surface area contributed by atoms with Gasteiger partial charge in [0.15, 0.2) is 5.82 Å². The molecule has 0 amide bonds. The number of aromatic nitrogens is 2. The summed E-state index contributed by atoms with van der Waals surface area (Å²) < 4.78 is 0. The quantitative estimate of drug-likeness (QED) is 0.672. The largest absolute Gasteiger partial charge is 0.389 e. The number of aliphatic hydroxyl groups excluding tert-OH is 2. The highest BCUT2D eigenvalue weighted by molar-refractivity contribution is 6.32. The van der Waals surface area contributed by atoms with Gasteiger partial charge in [-0.3, -0.25) is 0 Å². The molecule has 2 atom stereocenters. The van der Waals surface area contributed by atoms with Crippen LogP contribution in [-0.2, 0) is 0 Å². The first-order valence-corrected chi connectivity index (χ1v) is 4.63. The first-order valence-electron chi connectivity index (χ1n) is 4.25. The molecule has 1 aromatic heterocycles. The summed E-state index contributed by atoms with van der Waals surface area (Å²) in [5.41, 5.74) is 0. The van der Waals surface area contributed by atoms with Gasteiger partial charge in [0.05, 0.1) is 18.4 Å². The molecule has 0 aromatic carbocycles. The summed E-state index contributed by atoms with van der Waals surface area (Å²) in [6, 6.07) is 0. The molecular weight excluding hydrogens is 206 g/mol. The molecule has 1 saturated heterocycles. The molecule has 1 aliphatic rings. The van der Waals surface area contributed by atoms with Crippen LogP contribution in [0.4, 0.5) is 5.82 Å². The molecule has 76 valence electrons. The van der Waals surface area contributed by atoms with Crippen molar-refractivity contribution in [3.05, 3.63) is 17.5 Å². The SMILES string of the molecule is OC1CN(c2ncncc2Cl)CC1O. The molecule has 6 heteroatoms. The summed E-state index contributed by atoms with van der Waals surface area (Å²) in [6.45, 7) is 0.690. The fourth-order valence-electron chi connectivity index (χ4n) is 1.48. The maximum Gasteiger partial charge on any atom is 0.151 e. The fraction of sp³-hybridized carbons (Fsp3) is 0.500. The number of rotatable bonds is 1. The Bertz CT molecular complexity index is 326. The lowest BCUT2D eigenvalue weighted by molar-refractivity contribution is 0.0572. The van der Waals surface area contributed by atoms with Crippen molar-refractivity contribution in [2.45, 2.75) is 12.2 Å². The number of hydrogen-bond acceptors (Lipinski definition) is 5. The minimum atomic E-state index is -0.735. The number of aliphatic hydroxyl groups is 2. The van der Waals surface area contributed by atoms with E-state index in [1.807, 2.05) is 0 Å². The third kappa shape index (κ3) is 1.66. The lowest BCUT2D eigenvalue weighted by Gasteiger charge is -2.16. The Morgan fingerprint density at radius 2 is 2.00 bits per heavy atom. The normalized spacial score (nSPS) is 26.9. The van der Waals surface area contributed by atoms with E-state index in [-0.39, 0.29) is 0 Å². The molecule has 2 unspecified atom stereocenters. The van der Waals surface area contributed by atoms with Gasteiger partial charge in [-0.25, -0.2) is 9.97 Å². The average molecular weight is 216 g/mol. The van der Waals surface area contributed by atoms with Crippen molar-refractivity contribution in [3.8, 4) is 0 Å². The molecule has 14 heavy (non-hydrogen) atoms. The van der Waals surface area contributed by atoms with E-state index < -0.39 is 12.2 Å². The van der Waals surface area contributed by atoms with Crippen LogP contribution < -0.4 is 4.90 Å². The van der Waals surface area contributed by atoms with Crippen LogP contribution in [0.1, 0.15) is 0 Å². The van der Waals surface area contributed by atoms with Crippen LogP contribution in [0.25, 0.3) is 0 Å². The van der Waals surface area contributed by atoms with Gasteiger partial charge in [0.25, 0.3) is 0 Å². The van der Waals surface area contributed by atoms with Crippen LogP contribution in [0.2, 0.25) is 5.02 Å². The van der Waals surface area contributed by atoms with Crippen LogP contribution >= 0.6 is 11.6 Å². The maximum absolute atomic E-state index is 9.34. The molecule has 0 saturated carbocycles. The minimum Gasteiger partial charge on any atom is -0.389 e. The molecule has 2 heterocycles. The molecular formula is C8H10ClN3O2. The molecule has 0 bridgehead atoms. The van der Waals surface area contributed by atoms with Crippen molar-refractivity contribution in [2.24, 2.45) is 0 Å². The van der Waals surface area contributed by atoms with Crippen LogP contribution in [0, 0.1) is 0 Å². The first-order chi connectivity index (χ1) is 6.68. The highest BCUT2D eigenvalue weighted by Gasteiger charge is 2.31. The molecule has 2 rings (SSSR count). The Kier molecular flexibility index (Phi) is 2.54. The average Bonchev–Trinajstić information content (AvgIpc) is 2.48. The Morgan fingerprint density at radius 1 is 1.36 bits per heavy atom. The van der Waals surface area contributed by atoms with E-state index in [4.69, 9.17) is 11.6 Å².